The van der Waals surface area contributed by atoms with Gasteiger partial charge in [-0.3, -0.25) is 0 Å². The number of aliphatic hydroxyl groups is 1. The lowest BCUT2D eigenvalue weighted by atomic mass is 10.5. The van der Waals surface area contributed by atoms with Gasteiger partial charge in [0.25, 0.3) is 0 Å². The molecule has 1 fully saturated rings. The van der Waals surface area contributed by atoms with Crippen LogP contribution in [-0.2, 0) is 14.3 Å². The molecule has 1 heterocycles. The minimum Gasteiger partial charge on any atom is -0.395 e. The van der Waals surface area contributed by atoms with Crippen LogP contribution in [0.1, 0.15) is 0 Å². The Labute approximate surface area is 71.8 Å². The van der Waals surface area contributed by atoms with Crippen molar-refractivity contribution >= 4 is 0 Å². The third-order valence-corrected chi connectivity index (χ3v) is 1.65. The Morgan fingerprint density at radius 2 is 2.17 bits per heavy atom. The second-order valence-electron chi connectivity index (χ2n) is 2.47. The van der Waals surface area contributed by atoms with E-state index in [9.17, 15) is 0 Å². The summed E-state index contributed by atoms with van der Waals surface area (Å²) in [7, 11) is 1.56. The molecule has 5 nitrogen and oxygen atoms in total. The molecule has 72 valence electrons. The number of nitrogens with zero attached hydrogens (tertiary/aromatic N) is 1. The highest BCUT2D eigenvalue weighted by Crippen LogP contribution is 2.05. The van der Waals surface area contributed by atoms with Gasteiger partial charge in [0, 0.05) is 6.54 Å². The van der Waals surface area contributed by atoms with Crippen LogP contribution in [0, 0.1) is 0 Å². The summed E-state index contributed by atoms with van der Waals surface area (Å²) in [6.45, 7) is 2.36. The normalized spacial score (nSPS) is 19.2. The monoisotopic (exact) mass is 177 g/mol. The van der Waals surface area contributed by atoms with E-state index in [1.54, 1.807) is 12.2 Å². The van der Waals surface area contributed by atoms with Crippen molar-refractivity contribution in [2.45, 2.75) is 6.29 Å². The zero-order valence-electron chi connectivity index (χ0n) is 7.23. The zero-order valence-corrected chi connectivity index (χ0v) is 7.23. The van der Waals surface area contributed by atoms with Gasteiger partial charge >= 0.3 is 0 Å². The van der Waals surface area contributed by atoms with Crippen LogP contribution in [0.25, 0.3) is 0 Å². The molecular formula is C7H15NO4. The number of hydroxylamine groups is 2. The molecule has 0 aromatic heterocycles. The van der Waals surface area contributed by atoms with Crippen LogP contribution in [0.5, 0.6) is 0 Å². The molecule has 0 amide bonds. The van der Waals surface area contributed by atoms with Gasteiger partial charge in [0.05, 0.1) is 33.5 Å². The van der Waals surface area contributed by atoms with Gasteiger partial charge in [0.1, 0.15) is 0 Å². The summed E-state index contributed by atoms with van der Waals surface area (Å²) in [5, 5.41) is 10.2. The van der Waals surface area contributed by atoms with Crippen molar-refractivity contribution in [2.75, 3.05) is 40.0 Å². The van der Waals surface area contributed by atoms with Gasteiger partial charge in [-0.15, -0.1) is 0 Å². The predicted molar refractivity (Wildman–Crippen MR) is 41.4 cm³/mol. The van der Waals surface area contributed by atoms with E-state index in [1.165, 1.54) is 0 Å². The topological polar surface area (TPSA) is 51.2 Å². The Morgan fingerprint density at radius 1 is 1.50 bits per heavy atom. The number of hydrogen-bond acceptors (Lipinski definition) is 5. The molecule has 0 aromatic carbocycles. The summed E-state index contributed by atoms with van der Waals surface area (Å²) in [5.41, 5.74) is 0. The van der Waals surface area contributed by atoms with E-state index in [4.69, 9.17) is 19.4 Å². The highest BCUT2D eigenvalue weighted by molar-refractivity contribution is 4.55. The van der Waals surface area contributed by atoms with Gasteiger partial charge in [-0.25, -0.2) is 0 Å². The van der Waals surface area contributed by atoms with Crippen molar-refractivity contribution < 1.29 is 19.4 Å². The molecule has 1 aliphatic heterocycles. The minimum absolute atomic E-state index is 0.0700. The van der Waals surface area contributed by atoms with Crippen LogP contribution in [-0.4, -0.2) is 56.5 Å². The van der Waals surface area contributed by atoms with Gasteiger partial charge in [-0.2, -0.15) is 5.06 Å². The SMILES string of the molecule is CON(CCO)CC1OCCO1. The van der Waals surface area contributed by atoms with Crippen LogP contribution in [0.4, 0.5) is 0 Å². The Hall–Kier alpha value is -0.200. The lowest BCUT2D eigenvalue weighted by Crippen LogP contribution is -2.34. The third-order valence-electron chi connectivity index (χ3n) is 1.65. The standard InChI is InChI=1S/C7H15NO4/c1-10-8(2-3-9)6-7-11-4-5-12-7/h7,9H,2-6H2,1H3. The third kappa shape index (κ3) is 3.04. The minimum atomic E-state index is -0.212. The molecule has 0 aliphatic carbocycles. The van der Waals surface area contributed by atoms with Crippen molar-refractivity contribution in [1.82, 2.24) is 5.06 Å². The Balaban J connectivity index is 2.16. The molecule has 0 aromatic rings. The molecule has 5 heteroatoms. The van der Waals surface area contributed by atoms with E-state index in [-0.39, 0.29) is 12.9 Å². The van der Waals surface area contributed by atoms with Crippen molar-refractivity contribution in [3.8, 4) is 0 Å². The summed E-state index contributed by atoms with van der Waals surface area (Å²) in [4.78, 5) is 4.97. The van der Waals surface area contributed by atoms with Crippen LogP contribution in [0.2, 0.25) is 0 Å². The zero-order chi connectivity index (χ0) is 8.81. The first kappa shape index (κ1) is 9.88. The highest BCUT2D eigenvalue weighted by Gasteiger charge is 2.19. The summed E-state index contributed by atoms with van der Waals surface area (Å²) in [6.07, 6.45) is -0.212. The lowest BCUT2D eigenvalue weighted by Gasteiger charge is -2.20. The van der Waals surface area contributed by atoms with Gasteiger partial charge in [0.15, 0.2) is 6.29 Å². The maximum absolute atomic E-state index is 8.64. The molecule has 1 saturated heterocycles. The number of hydrogen-bond donors (Lipinski definition) is 1. The van der Waals surface area contributed by atoms with E-state index < -0.39 is 0 Å². The van der Waals surface area contributed by atoms with Gasteiger partial charge in [0.2, 0.25) is 0 Å². The van der Waals surface area contributed by atoms with E-state index in [1.807, 2.05) is 0 Å². The first-order valence-electron chi connectivity index (χ1n) is 4.00. The fraction of sp³-hybridized carbons (Fsp3) is 1.00. The fourth-order valence-corrected chi connectivity index (χ4v) is 1.05. The van der Waals surface area contributed by atoms with Gasteiger partial charge in [-0.1, -0.05) is 0 Å². The quantitative estimate of drug-likeness (QED) is 0.558. The van der Waals surface area contributed by atoms with Gasteiger partial charge < -0.3 is 19.4 Å². The van der Waals surface area contributed by atoms with E-state index in [2.05, 4.69) is 0 Å². The van der Waals surface area contributed by atoms with Crippen molar-refractivity contribution in [2.24, 2.45) is 0 Å². The molecule has 0 atom stereocenters. The van der Waals surface area contributed by atoms with Crippen LogP contribution < -0.4 is 0 Å². The summed E-state index contributed by atoms with van der Waals surface area (Å²) in [5.74, 6) is 0. The summed E-state index contributed by atoms with van der Waals surface area (Å²) in [6, 6.07) is 0. The maximum Gasteiger partial charge on any atom is 0.172 e. The first-order chi connectivity index (χ1) is 5.86. The van der Waals surface area contributed by atoms with E-state index in [0.717, 1.165) is 0 Å². The van der Waals surface area contributed by atoms with Crippen molar-refractivity contribution in [3.63, 3.8) is 0 Å². The predicted octanol–water partition coefficient (Wildman–Crippen LogP) is -0.785. The lowest BCUT2D eigenvalue weighted by molar-refractivity contribution is -0.183. The van der Waals surface area contributed by atoms with Crippen LogP contribution in [0.3, 0.4) is 0 Å². The second-order valence-corrected chi connectivity index (χ2v) is 2.47. The largest absolute Gasteiger partial charge is 0.395 e. The molecular weight excluding hydrogens is 162 g/mol. The molecule has 0 bridgehead atoms. The molecule has 0 saturated carbocycles. The Bertz CT molecular complexity index is 116. The highest BCUT2D eigenvalue weighted by atomic mass is 16.7. The molecule has 1 aliphatic rings. The summed E-state index contributed by atoms with van der Waals surface area (Å²) >= 11 is 0. The van der Waals surface area contributed by atoms with Crippen molar-refractivity contribution in [1.29, 1.82) is 0 Å². The average Bonchev–Trinajstić information content (AvgIpc) is 2.56. The fourth-order valence-electron chi connectivity index (χ4n) is 1.05. The molecule has 1 rings (SSSR count). The molecule has 0 unspecified atom stereocenters. The van der Waals surface area contributed by atoms with E-state index >= 15 is 0 Å². The maximum atomic E-state index is 8.64. The number of rotatable bonds is 5. The molecule has 12 heavy (non-hydrogen) atoms. The van der Waals surface area contributed by atoms with Crippen LogP contribution in [0.15, 0.2) is 0 Å². The van der Waals surface area contributed by atoms with Gasteiger partial charge in [-0.05, 0) is 0 Å². The number of aliphatic hydroxyl groups excluding tert-OH is 1. The molecule has 1 N–H and O–H groups in total. The molecule has 0 spiro atoms. The molecule has 0 radical (unpaired) electrons. The Morgan fingerprint density at radius 3 is 2.67 bits per heavy atom. The Kier molecular flexibility index (Phi) is 4.49. The second kappa shape index (κ2) is 5.45. The summed E-state index contributed by atoms with van der Waals surface area (Å²) < 4.78 is 10.4. The van der Waals surface area contributed by atoms with Crippen LogP contribution >= 0.6 is 0 Å². The average molecular weight is 177 g/mol. The first-order valence-corrected chi connectivity index (χ1v) is 4.00. The van der Waals surface area contributed by atoms with E-state index in [0.29, 0.717) is 26.3 Å². The van der Waals surface area contributed by atoms with Crippen molar-refractivity contribution in [3.05, 3.63) is 0 Å². The smallest absolute Gasteiger partial charge is 0.172 e. The number of ether oxygens (including phenoxy) is 2.